The molecule has 9 heteroatoms. The van der Waals surface area contributed by atoms with Crippen LogP contribution in [0.4, 0.5) is 23.1 Å². The van der Waals surface area contributed by atoms with E-state index in [9.17, 15) is 4.79 Å². The Morgan fingerprint density at radius 2 is 1.82 bits per heavy atom. The zero-order chi connectivity index (χ0) is 26.5. The minimum absolute atomic E-state index is 0.0955. The minimum atomic E-state index is -0.717. The maximum Gasteiger partial charge on any atom is 0.234 e. The van der Waals surface area contributed by atoms with E-state index < -0.39 is 5.41 Å². The Labute approximate surface area is 232 Å². The highest BCUT2D eigenvalue weighted by molar-refractivity contribution is 7.97. The summed E-state index contributed by atoms with van der Waals surface area (Å²) in [5.74, 6) is 1.19. The first-order valence-corrected chi connectivity index (χ1v) is 13.6. The van der Waals surface area contributed by atoms with Crippen LogP contribution in [-0.4, -0.2) is 29.0 Å². The second-order valence-corrected chi connectivity index (χ2v) is 10.9. The molecule has 4 aromatic rings. The van der Waals surface area contributed by atoms with Crippen LogP contribution in [0.2, 0.25) is 5.02 Å². The third-order valence-corrected chi connectivity index (χ3v) is 7.49. The van der Waals surface area contributed by atoms with Crippen LogP contribution in [0.3, 0.4) is 0 Å². The molecule has 194 valence electrons. The molecule has 0 saturated heterocycles. The molecule has 1 aromatic heterocycles. The molecular formula is C29H29ClN6OS. The van der Waals surface area contributed by atoms with Crippen molar-refractivity contribution in [2.45, 2.75) is 30.6 Å². The average Bonchev–Trinajstić information content (AvgIpc) is 2.92. The molecule has 38 heavy (non-hydrogen) atoms. The number of rotatable bonds is 4. The number of hydrogen-bond donors (Lipinski definition) is 4. The van der Waals surface area contributed by atoms with Gasteiger partial charge in [-0.1, -0.05) is 41.9 Å². The monoisotopic (exact) mass is 544 g/mol. The molecule has 0 atom stereocenters. The quantitative estimate of drug-likeness (QED) is 0.208. The summed E-state index contributed by atoms with van der Waals surface area (Å²) in [5, 5.41) is 10.5. The van der Waals surface area contributed by atoms with Crippen molar-refractivity contribution in [1.29, 1.82) is 0 Å². The topological polar surface area (TPSA) is 91.0 Å². The molecule has 0 saturated carbocycles. The maximum atomic E-state index is 13.1. The summed E-state index contributed by atoms with van der Waals surface area (Å²) >= 11 is 7.63. The fraction of sp³-hybridized carbons (Fsp3) is 0.207. The molecule has 5 rings (SSSR count). The average molecular weight is 545 g/mol. The van der Waals surface area contributed by atoms with Crippen molar-refractivity contribution in [3.63, 3.8) is 0 Å². The molecule has 4 N–H and O–H groups in total. The lowest BCUT2D eigenvalue weighted by Crippen LogP contribution is -2.34. The first kappa shape index (κ1) is 26.0. The molecule has 1 aliphatic heterocycles. The standard InChI is InChI=1S/C29H29ClN6OS/c1-29(2,20-9-11-21(30)12-10-20)27(37)34-22-13-7-19(8-14-22)25-18-32-28-35-23-5-3-6-24(17-23)38-33-16-4-15-31-26(25)36-28/h3,5-14,17-18,33H,4,15-16H2,1-2H3,(H,34,37)(H2,31,32,35,36). The predicted octanol–water partition coefficient (Wildman–Crippen LogP) is 6.87. The zero-order valence-electron chi connectivity index (χ0n) is 21.2. The second kappa shape index (κ2) is 11.4. The van der Waals surface area contributed by atoms with Gasteiger partial charge >= 0.3 is 0 Å². The number of aromatic nitrogens is 2. The van der Waals surface area contributed by atoms with Gasteiger partial charge < -0.3 is 16.0 Å². The first-order valence-electron chi connectivity index (χ1n) is 12.4. The summed E-state index contributed by atoms with van der Waals surface area (Å²) in [4.78, 5) is 23.6. The highest BCUT2D eigenvalue weighted by Crippen LogP contribution is 2.31. The predicted molar refractivity (Wildman–Crippen MR) is 157 cm³/mol. The van der Waals surface area contributed by atoms with E-state index >= 15 is 0 Å². The molecule has 2 heterocycles. The lowest BCUT2D eigenvalue weighted by molar-refractivity contribution is -0.120. The molecule has 7 nitrogen and oxygen atoms in total. The van der Waals surface area contributed by atoms with Crippen LogP contribution >= 0.6 is 23.5 Å². The van der Waals surface area contributed by atoms with Crippen LogP contribution in [0.25, 0.3) is 11.1 Å². The van der Waals surface area contributed by atoms with Gasteiger partial charge in [0.1, 0.15) is 5.82 Å². The van der Waals surface area contributed by atoms with E-state index in [0.717, 1.165) is 58.3 Å². The summed E-state index contributed by atoms with van der Waals surface area (Å²) in [6.45, 7) is 5.43. The number of nitrogens with one attached hydrogen (secondary N) is 4. The number of hydrogen-bond acceptors (Lipinski definition) is 7. The number of carbonyl (C=O) groups excluding carboxylic acids is 1. The summed E-state index contributed by atoms with van der Waals surface area (Å²) in [7, 11) is 0. The van der Waals surface area contributed by atoms with Gasteiger partial charge in [-0.2, -0.15) is 4.98 Å². The summed E-state index contributed by atoms with van der Waals surface area (Å²) < 4.78 is 3.40. The van der Waals surface area contributed by atoms with Gasteiger partial charge in [-0.05, 0) is 85.8 Å². The molecule has 0 fully saturated rings. The number of amides is 1. The number of fused-ring (bicyclic) bond motifs is 4. The number of carbonyl (C=O) groups is 1. The van der Waals surface area contributed by atoms with Gasteiger partial charge in [0.05, 0.1) is 5.41 Å². The van der Waals surface area contributed by atoms with E-state index in [4.69, 9.17) is 16.6 Å². The van der Waals surface area contributed by atoms with E-state index in [1.165, 1.54) is 0 Å². The fourth-order valence-corrected chi connectivity index (χ4v) is 4.95. The van der Waals surface area contributed by atoms with Crippen molar-refractivity contribution in [3.05, 3.63) is 89.6 Å². The molecule has 0 aliphatic carbocycles. The molecule has 0 unspecified atom stereocenters. The zero-order valence-corrected chi connectivity index (χ0v) is 22.8. The minimum Gasteiger partial charge on any atom is -0.369 e. The molecule has 0 radical (unpaired) electrons. The number of nitrogens with zero attached hydrogens (tertiary/aromatic N) is 2. The van der Waals surface area contributed by atoms with Gasteiger partial charge in [0.15, 0.2) is 0 Å². The van der Waals surface area contributed by atoms with Gasteiger partial charge in [0, 0.05) is 46.1 Å². The molecule has 3 aromatic carbocycles. The summed E-state index contributed by atoms with van der Waals surface area (Å²) in [6, 6.07) is 23.3. The molecular weight excluding hydrogens is 516 g/mol. The highest BCUT2D eigenvalue weighted by Gasteiger charge is 2.29. The number of anilines is 4. The molecule has 1 amide bonds. The largest absolute Gasteiger partial charge is 0.369 e. The van der Waals surface area contributed by atoms with Crippen LogP contribution in [0.5, 0.6) is 0 Å². The van der Waals surface area contributed by atoms with Crippen LogP contribution < -0.4 is 20.7 Å². The fourth-order valence-electron chi connectivity index (χ4n) is 4.07. The van der Waals surface area contributed by atoms with Crippen molar-refractivity contribution in [1.82, 2.24) is 14.7 Å². The van der Waals surface area contributed by atoms with Crippen molar-refractivity contribution in [2.24, 2.45) is 0 Å². The SMILES string of the molecule is CC(C)(C(=O)Nc1ccc(-c2cnc3nc2NCCCNSc2cccc(c2)N3)cc1)c1ccc(Cl)cc1. The van der Waals surface area contributed by atoms with E-state index in [1.54, 1.807) is 24.1 Å². The first-order chi connectivity index (χ1) is 18.4. The summed E-state index contributed by atoms with van der Waals surface area (Å²) in [6.07, 6.45) is 2.76. The van der Waals surface area contributed by atoms with Crippen molar-refractivity contribution < 1.29 is 4.79 Å². The van der Waals surface area contributed by atoms with Gasteiger partial charge in [0.2, 0.25) is 11.9 Å². The van der Waals surface area contributed by atoms with Gasteiger partial charge in [-0.25, -0.2) is 4.98 Å². The maximum absolute atomic E-state index is 13.1. The Kier molecular flexibility index (Phi) is 7.83. The van der Waals surface area contributed by atoms with Gasteiger partial charge in [0.25, 0.3) is 0 Å². The molecule has 1 aliphatic rings. The Morgan fingerprint density at radius 3 is 2.61 bits per heavy atom. The van der Waals surface area contributed by atoms with Crippen LogP contribution in [-0.2, 0) is 10.2 Å². The van der Waals surface area contributed by atoms with Crippen LogP contribution in [0.15, 0.2) is 83.9 Å². The second-order valence-electron chi connectivity index (χ2n) is 9.55. The van der Waals surface area contributed by atoms with Crippen molar-refractivity contribution in [2.75, 3.05) is 29.0 Å². The third kappa shape index (κ3) is 6.10. The van der Waals surface area contributed by atoms with E-state index in [2.05, 4.69) is 37.8 Å². The van der Waals surface area contributed by atoms with E-state index in [1.807, 2.05) is 68.6 Å². The molecule has 0 spiro atoms. The van der Waals surface area contributed by atoms with Gasteiger partial charge in [-0.3, -0.25) is 9.52 Å². The smallest absolute Gasteiger partial charge is 0.234 e. The lowest BCUT2D eigenvalue weighted by Gasteiger charge is -2.24. The Bertz CT molecular complexity index is 1430. The van der Waals surface area contributed by atoms with Crippen LogP contribution in [0.1, 0.15) is 25.8 Å². The number of halogens is 1. The van der Waals surface area contributed by atoms with Gasteiger partial charge in [-0.15, -0.1) is 0 Å². The number of benzene rings is 3. The Morgan fingerprint density at radius 1 is 1.03 bits per heavy atom. The lowest BCUT2D eigenvalue weighted by atomic mass is 9.83. The normalized spacial score (nSPS) is 13.7. The van der Waals surface area contributed by atoms with Crippen LogP contribution in [0, 0.1) is 0 Å². The van der Waals surface area contributed by atoms with Crippen molar-refractivity contribution >= 4 is 52.6 Å². The summed E-state index contributed by atoms with van der Waals surface area (Å²) in [5.41, 5.74) is 3.67. The van der Waals surface area contributed by atoms with E-state index in [0.29, 0.717) is 11.0 Å². The Balaban J connectivity index is 1.35. The van der Waals surface area contributed by atoms with Crippen molar-refractivity contribution in [3.8, 4) is 11.1 Å². The third-order valence-electron chi connectivity index (χ3n) is 6.40. The highest BCUT2D eigenvalue weighted by atomic mass is 35.5. The Hall–Kier alpha value is -3.59. The molecule has 4 bridgehead atoms. The van der Waals surface area contributed by atoms with E-state index in [-0.39, 0.29) is 5.91 Å².